The molecule has 0 bridgehead atoms. The Labute approximate surface area is 74.8 Å². The average molecular weight is 198 g/mol. The molecule has 0 fully saturated rings. The molecule has 6 heteroatoms. The van der Waals surface area contributed by atoms with Crippen molar-refractivity contribution in [2.45, 2.75) is 0 Å². The van der Waals surface area contributed by atoms with Gasteiger partial charge in [0.2, 0.25) is 0 Å². The molecule has 0 radical (unpaired) electrons. The molecule has 0 unspecified atom stereocenters. The van der Waals surface area contributed by atoms with Crippen LogP contribution in [0.1, 0.15) is 0 Å². The summed E-state index contributed by atoms with van der Waals surface area (Å²) in [6.07, 6.45) is 0. The van der Waals surface area contributed by atoms with E-state index in [1.54, 1.807) is 0 Å². The van der Waals surface area contributed by atoms with E-state index < -0.39 is 11.4 Å². The monoisotopic (exact) mass is 198 g/mol. The van der Waals surface area contributed by atoms with Crippen LogP contribution in [0, 0.1) is 0 Å². The maximum atomic E-state index is 10.7. The number of rotatable bonds is 8. The fraction of sp³-hybridized carbons (Fsp3) is 1.00. The van der Waals surface area contributed by atoms with E-state index in [4.69, 9.17) is 8.37 Å². The Morgan fingerprint density at radius 3 is 1.67 bits per heavy atom. The smallest absolute Gasteiger partial charge is 0.304 e. The van der Waals surface area contributed by atoms with Crippen molar-refractivity contribution in [1.82, 2.24) is 0 Å². The van der Waals surface area contributed by atoms with Crippen molar-refractivity contribution < 1.29 is 22.0 Å². The highest BCUT2D eigenvalue weighted by Crippen LogP contribution is 1.88. The minimum absolute atomic E-state index is 0.260. The van der Waals surface area contributed by atoms with E-state index >= 15 is 0 Å². The molecule has 0 rings (SSSR count). The maximum Gasteiger partial charge on any atom is 0.304 e. The zero-order valence-corrected chi connectivity index (χ0v) is 8.09. The topological polar surface area (TPSA) is 54.0 Å². The molecule has 0 aromatic rings. The van der Waals surface area contributed by atoms with Gasteiger partial charge in [-0.05, 0) is 0 Å². The molecule has 74 valence electrons. The van der Waals surface area contributed by atoms with E-state index in [-0.39, 0.29) is 13.2 Å². The van der Waals surface area contributed by atoms with E-state index in [0.717, 1.165) is 0 Å². The first kappa shape index (κ1) is 12.0. The van der Waals surface area contributed by atoms with Crippen LogP contribution in [0.25, 0.3) is 0 Å². The van der Waals surface area contributed by atoms with Crippen molar-refractivity contribution in [1.29, 1.82) is 0 Å². The van der Waals surface area contributed by atoms with E-state index in [1.807, 2.05) is 0 Å². The zero-order valence-electron chi connectivity index (χ0n) is 7.28. The molecule has 0 saturated heterocycles. The fourth-order valence-electron chi connectivity index (χ4n) is 0.405. The Morgan fingerprint density at radius 1 is 0.917 bits per heavy atom. The van der Waals surface area contributed by atoms with Crippen LogP contribution in [0.15, 0.2) is 0 Å². The Hall–Kier alpha value is -0.0100. The second kappa shape index (κ2) is 9.08. The molecule has 0 atom stereocenters. The highest BCUT2D eigenvalue weighted by molar-refractivity contribution is 7.75. The summed E-state index contributed by atoms with van der Waals surface area (Å²) in [7, 11) is 3.08. The van der Waals surface area contributed by atoms with Crippen molar-refractivity contribution in [3.8, 4) is 0 Å². The predicted octanol–water partition coefficient (Wildman–Crippen LogP) is -0.109. The van der Waals surface area contributed by atoms with Gasteiger partial charge in [-0.3, -0.25) is 8.37 Å². The van der Waals surface area contributed by atoms with Crippen molar-refractivity contribution in [3.63, 3.8) is 0 Å². The standard InChI is InChI=1S/C6H14O5S/c1-8-3-5-10-12(7)11-6-4-9-2/h3-6H2,1-2H3. The fourth-order valence-corrected chi connectivity index (χ4v) is 0.881. The third-order valence-corrected chi connectivity index (χ3v) is 1.65. The highest BCUT2D eigenvalue weighted by atomic mass is 32.2. The van der Waals surface area contributed by atoms with Crippen LogP contribution in [-0.4, -0.2) is 44.9 Å². The van der Waals surface area contributed by atoms with Crippen molar-refractivity contribution in [2.24, 2.45) is 0 Å². The zero-order chi connectivity index (χ0) is 9.23. The summed E-state index contributed by atoms with van der Waals surface area (Å²) in [6, 6.07) is 0. The third-order valence-electron chi connectivity index (χ3n) is 0.934. The van der Waals surface area contributed by atoms with Crippen LogP contribution in [0.4, 0.5) is 0 Å². The molecule has 0 heterocycles. The average Bonchev–Trinajstić information content (AvgIpc) is 2.06. The van der Waals surface area contributed by atoms with Gasteiger partial charge in [-0.25, -0.2) is 0 Å². The van der Waals surface area contributed by atoms with Crippen LogP contribution in [-0.2, 0) is 29.2 Å². The minimum Gasteiger partial charge on any atom is -0.382 e. The van der Waals surface area contributed by atoms with Crippen LogP contribution in [0.2, 0.25) is 0 Å². The van der Waals surface area contributed by atoms with Crippen molar-refractivity contribution >= 4 is 11.4 Å². The summed E-state index contributed by atoms with van der Waals surface area (Å²) < 4.78 is 29.5. The summed E-state index contributed by atoms with van der Waals surface area (Å²) in [4.78, 5) is 0. The summed E-state index contributed by atoms with van der Waals surface area (Å²) in [5.74, 6) is 0. The molecule has 5 nitrogen and oxygen atoms in total. The van der Waals surface area contributed by atoms with Gasteiger partial charge in [-0.15, -0.1) is 0 Å². The molecule has 12 heavy (non-hydrogen) atoms. The van der Waals surface area contributed by atoms with Gasteiger partial charge >= 0.3 is 11.4 Å². The van der Waals surface area contributed by atoms with Crippen LogP contribution in [0.3, 0.4) is 0 Å². The van der Waals surface area contributed by atoms with Gasteiger partial charge in [-0.2, -0.15) is 4.21 Å². The molecule has 0 aromatic heterocycles. The number of hydrogen-bond donors (Lipinski definition) is 0. The molecular formula is C6H14O5S. The molecule has 0 N–H and O–H groups in total. The highest BCUT2D eigenvalue weighted by Gasteiger charge is 1.99. The molecule has 0 aromatic carbocycles. The van der Waals surface area contributed by atoms with Crippen LogP contribution < -0.4 is 0 Å². The minimum atomic E-state index is -1.68. The van der Waals surface area contributed by atoms with E-state index in [2.05, 4.69) is 9.47 Å². The predicted molar refractivity (Wildman–Crippen MR) is 43.8 cm³/mol. The second-order valence-electron chi connectivity index (χ2n) is 1.83. The Kier molecular flexibility index (Phi) is 9.07. The quantitative estimate of drug-likeness (QED) is 0.509. The molecule has 0 spiro atoms. The van der Waals surface area contributed by atoms with E-state index in [9.17, 15) is 4.21 Å². The first-order valence-corrected chi connectivity index (χ1v) is 4.47. The number of ether oxygens (including phenoxy) is 2. The van der Waals surface area contributed by atoms with Gasteiger partial charge in [0.25, 0.3) is 0 Å². The summed E-state index contributed by atoms with van der Waals surface area (Å²) in [6.45, 7) is 1.32. The van der Waals surface area contributed by atoms with Gasteiger partial charge in [0, 0.05) is 14.2 Å². The Morgan fingerprint density at radius 2 is 1.33 bits per heavy atom. The SMILES string of the molecule is COCCOS(=O)OCCOC. The molecule has 0 aliphatic rings. The molecule has 0 saturated carbocycles. The second-order valence-corrected chi connectivity index (χ2v) is 2.71. The van der Waals surface area contributed by atoms with Gasteiger partial charge in [0.15, 0.2) is 0 Å². The first-order chi connectivity index (χ1) is 5.81. The summed E-state index contributed by atoms with van der Waals surface area (Å²) in [5.41, 5.74) is 0. The van der Waals surface area contributed by atoms with Crippen molar-refractivity contribution in [3.05, 3.63) is 0 Å². The normalized spacial score (nSPS) is 10.9. The first-order valence-electron chi connectivity index (χ1n) is 3.47. The molecule has 0 amide bonds. The van der Waals surface area contributed by atoms with Crippen LogP contribution >= 0.6 is 0 Å². The van der Waals surface area contributed by atoms with Gasteiger partial charge < -0.3 is 9.47 Å². The summed E-state index contributed by atoms with van der Waals surface area (Å²) >= 11 is -1.68. The molecule has 0 aliphatic carbocycles. The lowest BCUT2D eigenvalue weighted by Gasteiger charge is -2.02. The van der Waals surface area contributed by atoms with Crippen LogP contribution in [0.5, 0.6) is 0 Å². The lowest BCUT2D eigenvalue weighted by Crippen LogP contribution is -2.10. The van der Waals surface area contributed by atoms with Gasteiger partial charge in [0.1, 0.15) is 0 Å². The van der Waals surface area contributed by atoms with Crippen molar-refractivity contribution in [2.75, 3.05) is 40.6 Å². The number of hydrogen-bond acceptors (Lipinski definition) is 5. The Balaban J connectivity index is 3.10. The number of methoxy groups -OCH3 is 2. The maximum absolute atomic E-state index is 10.7. The third kappa shape index (κ3) is 8.09. The van der Waals surface area contributed by atoms with Gasteiger partial charge in [-0.1, -0.05) is 0 Å². The Bertz CT molecular complexity index is 107. The lowest BCUT2D eigenvalue weighted by molar-refractivity contribution is 0.124. The van der Waals surface area contributed by atoms with E-state index in [1.165, 1.54) is 14.2 Å². The molecule has 0 aliphatic heterocycles. The largest absolute Gasteiger partial charge is 0.382 e. The molecular weight excluding hydrogens is 184 g/mol. The van der Waals surface area contributed by atoms with Gasteiger partial charge in [0.05, 0.1) is 26.4 Å². The van der Waals surface area contributed by atoms with E-state index in [0.29, 0.717) is 13.2 Å². The summed E-state index contributed by atoms with van der Waals surface area (Å²) in [5, 5.41) is 0. The lowest BCUT2D eigenvalue weighted by atomic mass is 10.8.